The van der Waals surface area contributed by atoms with Crippen LogP contribution in [0.4, 0.5) is 0 Å². The number of hydrogen-bond acceptors (Lipinski definition) is 3. The molecule has 0 spiro atoms. The van der Waals surface area contributed by atoms with Crippen LogP contribution in [-0.4, -0.2) is 36.2 Å². The van der Waals surface area contributed by atoms with E-state index in [-0.39, 0.29) is 24.3 Å². The van der Waals surface area contributed by atoms with E-state index >= 15 is 0 Å². The van der Waals surface area contributed by atoms with Gasteiger partial charge in [0.1, 0.15) is 0 Å². The van der Waals surface area contributed by atoms with Gasteiger partial charge in [0.2, 0.25) is 5.91 Å². The fourth-order valence-electron chi connectivity index (χ4n) is 2.25. The summed E-state index contributed by atoms with van der Waals surface area (Å²) in [5.41, 5.74) is -0.706. The van der Waals surface area contributed by atoms with Crippen molar-refractivity contribution in [2.45, 2.75) is 51.6 Å². The Hall–Kier alpha value is -1.10. The second-order valence-corrected chi connectivity index (χ2v) is 5.93. The summed E-state index contributed by atoms with van der Waals surface area (Å²) in [7, 11) is 1.67. The highest BCUT2D eigenvalue weighted by Gasteiger charge is 2.37. The van der Waals surface area contributed by atoms with E-state index in [1.807, 2.05) is 0 Å². The molecule has 0 bridgehead atoms. The van der Waals surface area contributed by atoms with Crippen molar-refractivity contribution in [3.05, 3.63) is 0 Å². The number of carbonyl (C=O) groups is 2. The highest BCUT2D eigenvalue weighted by molar-refractivity contribution is 5.78. The van der Waals surface area contributed by atoms with Gasteiger partial charge in [-0.3, -0.25) is 9.59 Å². The maximum Gasteiger partial charge on any atom is 0.303 e. The molecule has 1 fully saturated rings. The van der Waals surface area contributed by atoms with Gasteiger partial charge < -0.3 is 15.2 Å². The summed E-state index contributed by atoms with van der Waals surface area (Å²) < 4.78 is 5.41. The van der Waals surface area contributed by atoms with E-state index in [0.29, 0.717) is 6.54 Å². The SMILES string of the molecule is COC1(CNC(=O)CC(C)(C)CC(=O)O)CCC1. The van der Waals surface area contributed by atoms with E-state index in [4.69, 9.17) is 9.84 Å². The maximum absolute atomic E-state index is 11.8. The van der Waals surface area contributed by atoms with Gasteiger partial charge in [-0.15, -0.1) is 0 Å². The van der Waals surface area contributed by atoms with Crippen LogP contribution in [0, 0.1) is 5.41 Å². The predicted octanol–water partition coefficient (Wildman–Crippen LogP) is 1.56. The first-order valence-corrected chi connectivity index (χ1v) is 6.32. The molecule has 0 radical (unpaired) electrons. The van der Waals surface area contributed by atoms with Gasteiger partial charge in [0.15, 0.2) is 0 Å². The minimum atomic E-state index is -0.875. The van der Waals surface area contributed by atoms with Crippen LogP contribution in [0.5, 0.6) is 0 Å². The van der Waals surface area contributed by atoms with Gasteiger partial charge >= 0.3 is 5.97 Å². The topological polar surface area (TPSA) is 75.6 Å². The number of nitrogens with one attached hydrogen (secondary N) is 1. The number of amides is 1. The van der Waals surface area contributed by atoms with E-state index in [2.05, 4.69) is 5.32 Å². The minimum absolute atomic E-state index is 0.00413. The standard InChI is InChI=1S/C13H23NO4/c1-12(2,8-11(16)17)7-10(15)14-9-13(18-3)5-4-6-13/h4-9H2,1-3H3,(H,14,15)(H,16,17). The monoisotopic (exact) mass is 257 g/mol. The molecule has 1 aliphatic carbocycles. The molecule has 1 aliphatic rings. The lowest BCUT2D eigenvalue weighted by atomic mass is 9.79. The molecule has 1 rings (SSSR count). The van der Waals surface area contributed by atoms with Crippen LogP contribution < -0.4 is 5.32 Å². The van der Waals surface area contributed by atoms with Gasteiger partial charge in [-0.2, -0.15) is 0 Å². The Kier molecular flexibility index (Phi) is 4.73. The number of carboxylic acid groups (broad SMARTS) is 1. The number of ether oxygens (including phenoxy) is 1. The van der Waals surface area contributed by atoms with E-state index in [9.17, 15) is 9.59 Å². The minimum Gasteiger partial charge on any atom is -0.481 e. The van der Waals surface area contributed by atoms with Gasteiger partial charge in [-0.05, 0) is 24.7 Å². The summed E-state index contributed by atoms with van der Waals surface area (Å²) in [5.74, 6) is -0.982. The van der Waals surface area contributed by atoms with Crippen LogP contribution >= 0.6 is 0 Å². The molecular formula is C13H23NO4. The quantitative estimate of drug-likeness (QED) is 0.725. The Labute approximate surface area is 108 Å². The lowest BCUT2D eigenvalue weighted by Crippen LogP contribution is -2.49. The van der Waals surface area contributed by atoms with Crippen molar-refractivity contribution in [1.82, 2.24) is 5.32 Å². The first-order valence-electron chi connectivity index (χ1n) is 6.32. The summed E-state index contributed by atoms with van der Waals surface area (Å²) in [4.78, 5) is 22.4. The summed E-state index contributed by atoms with van der Waals surface area (Å²) in [5, 5.41) is 11.6. The molecule has 0 aromatic carbocycles. The number of methoxy groups -OCH3 is 1. The molecule has 18 heavy (non-hydrogen) atoms. The second kappa shape index (κ2) is 5.69. The van der Waals surface area contributed by atoms with Crippen LogP contribution in [0.2, 0.25) is 0 Å². The van der Waals surface area contributed by atoms with Gasteiger partial charge in [0, 0.05) is 20.1 Å². The van der Waals surface area contributed by atoms with Crippen molar-refractivity contribution in [3.8, 4) is 0 Å². The van der Waals surface area contributed by atoms with Crippen molar-refractivity contribution >= 4 is 11.9 Å². The molecule has 0 aliphatic heterocycles. The first kappa shape index (κ1) is 15.0. The lowest BCUT2D eigenvalue weighted by molar-refractivity contribution is -0.139. The average molecular weight is 257 g/mol. The number of hydrogen-bond donors (Lipinski definition) is 2. The van der Waals surface area contributed by atoms with Gasteiger partial charge in [-0.25, -0.2) is 0 Å². The van der Waals surface area contributed by atoms with Crippen molar-refractivity contribution in [2.75, 3.05) is 13.7 Å². The van der Waals surface area contributed by atoms with Crippen molar-refractivity contribution in [2.24, 2.45) is 5.41 Å². The van der Waals surface area contributed by atoms with Crippen LogP contribution in [-0.2, 0) is 14.3 Å². The van der Waals surface area contributed by atoms with E-state index in [1.54, 1.807) is 21.0 Å². The first-order chi connectivity index (χ1) is 8.29. The molecule has 0 saturated heterocycles. The van der Waals surface area contributed by atoms with Crippen LogP contribution in [0.25, 0.3) is 0 Å². The number of carboxylic acids is 1. The fourth-order valence-corrected chi connectivity index (χ4v) is 2.25. The molecule has 0 atom stereocenters. The summed E-state index contributed by atoms with van der Waals surface area (Å²) in [6, 6.07) is 0. The molecule has 5 heteroatoms. The Morgan fingerprint density at radius 3 is 2.33 bits per heavy atom. The van der Waals surface area contributed by atoms with Crippen molar-refractivity contribution in [1.29, 1.82) is 0 Å². The third-order valence-electron chi connectivity index (χ3n) is 3.57. The van der Waals surface area contributed by atoms with E-state index in [0.717, 1.165) is 19.3 Å². The van der Waals surface area contributed by atoms with Gasteiger partial charge in [-0.1, -0.05) is 13.8 Å². The lowest BCUT2D eigenvalue weighted by Gasteiger charge is -2.40. The number of rotatable bonds is 7. The Balaban J connectivity index is 2.35. The molecule has 104 valence electrons. The Bertz CT molecular complexity index is 315. The third-order valence-corrected chi connectivity index (χ3v) is 3.57. The normalized spacial score (nSPS) is 17.9. The molecule has 1 saturated carbocycles. The zero-order valence-corrected chi connectivity index (χ0v) is 11.4. The summed E-state index contributed by atoms with van der Waals surface area (Å²) in [6.45, 7) is 4.09. The third kappa shape index (κ3) is 4.29. The largest absolute Gasteiger partial charge is 0.481 e. The number of carbonyl (C=O) groups excluding carboxylic acids is 1. The molecule has 1 amide bonds. The summed E-state index contributed by atoms with van der Waals surface area (Å²) in [6.07, 6.45) is 3.30. The smallest absolute Gasteiger partial charge is 0.303 e. The molecule has 0 aromatic heterocycles. The molecule has 0 aromatic rings. The molecule has 2 N–H and O–H groups in total. The predicted molar refractivity (Wildman–Crippen MR) is 67.3 cm³/mol. The average Bonchev–Trinajstić information content (AvgIpc) is 2.13. The maximum atomic E-state index is 11.8. The van der Waals surface area contributed by atoms with E-state index < -0.39 is 11.4 Å². The van der Waals surface area contributed by atoms with Crippen molar-refractivity contribution in [3.63, 3.8) is 0 Å². The Morgan fingerprint density at radius 2 is 1.94 bits per heavy atom. The molecule has 0 heterocycles. The fraction of sp³-hybridized carbons (Fsp3) is 0.846. The second-order valence-electron chi connectivity index (χ2n) is 5.93. The molecule has 0 unspecified atom stereocenters. The van der Waals surface area contributed by atoms with Crippen LogP contribution in [0.3, 0.4) is 0 Å². The Morgan fingerprint density at radius 1 is 1.33 bits per heavy atom. The van der Waals surface area contributed by atoms with Crippen LogP contribution in [0.1, 0.15) is 46.0 Å². The van der Waals surface area contributed by atoms with E-state index in [1.165, 1.54) is 0 Å². The highest BCUT2D eigenvalue weighted by Crippen LogP contribution is 2.34. The van der Waals surface area contributed by atoms with Crippen molar-refractivity contribution < 1.29 is 19.4 Å². The molecule has 5 nitrogen and oxygen atoms in total. The zero-order valence-electron chi connectivity index (χ0n) is 11.4. The molecular weight excluding hydrogens is 234 g/mol. The van der Waals surface area contributed by atoms with Crippen LogP contribution in [0.15, 0.2) is 0 Å². The highest BCUT2D eigenvalue weighted by atomic mass is 16.5. The summed E-state index contributed by atoms with van der Waals surface area (Å²) >= 11 is 0. The number of aliphatic carboxylic acids is 1. The van der Waals surface area contributed by atoms with Gasteiger partial charge in [0.05, 0.1) is 12.0 Å². The zero-order chi connectivity index (χ0) is 13.8. The van der Waals surface area contributed by atoms with Gasteiger partial charge in [0.25, 0.3) is 0 Å².